The highest BCUT2D eigenvalue weighted by atomic mass is 16.2. The van der Waals surface area contributed by atoms with Gasteiger partial charge in [-0.2, -0.15) is 0 Å². The van der Waals surface area contributed by atoms with Crippen LogP contribution in [0.5, 0.6) is 0 Å². The van der Waals surface area contributed by atoms with Gasteiger partial charge in [-0.15, -0.1) is 0 Å². The van der Waals surface area contributed by atoms with Gasteiger partial charge in [0.25, 0.3) is 5.91 Å². The van der Waals surface area contributed by atoms with Gasteiger partial charge in [-0.05, 0) is 26.7 Å². The van der Waals surface area contributed by atoms with Gasteiger partial charge in [0.05, 0.1) is 0 Å². The van der Waals surface area contributed by atoms with Gasteiger partial charge in [-0.1, -0.05) is 13.8 Å². The molecule has 0 spiro atoms. The van der Waals surface area contributed by atoms with E-state index < -0.39 is 0 Å². The lowest BCUT2D eigenvalue weighted by atomic mass is 10.1. The molecule has 0 aliphatic heterocycles. The molecule has 0 unspecified atom stereocenters. The zero-order chi connectivity index (χ0) is 11.1. The molecule has 2 N–H and O–H groups in total. The smallest absolute Gasteiger partial charge is 0.251 e. The first-order valence-electron chi connectivity index (χ1n) is 5.38. The van der Waals surface area contributed by atoms with E-state index in [9.17, 15) is 4.79 Å². The normalized spacial score (nSPS) is 12.3. The molecular weight excluding hydrogens is 176 g/mol. The third-order valence-corrected chi connectivity index (χ3v) is 2.43. The van der Waals surface area contributed by atoms with Crippen molar-refractivity contribution < 1.29 is 4.79 Å². The number of hydrogen-bond acceptors (Lipinski definition) is 2. The van der Waals surface area contributed by atoms with Crippen molar-refractivity contribution in [3.8, 4) is 0 Å². The van der Waals surface area contributed by atoms with E-state index in [0.29, 0.717) is 0 Å². The van der Waals surface area contributed by atoms with Gasteiger partial charge in [0.15, 0.2) is 0 Å². The lowest BCUT2D eigenvalue weighted by molar-refractivity contribution is -0.126. The highest BCUT2D eigenvalue weighted by molar-refractivity contribution is 5.94. The third-order valence-electron chi connectivity index (χ3n) is 2.43. The SMILES string of the molecule is CC/C(N)=C(\CC)C(=O)N(CC)CC. The maximum atomic E-state index is 11.9. The van der Waals surface area contributed by atoms with E-state index in [1.165, 1.54) is 0 Å². The zero-order valence-electron chi connectivity index (χ0n) is 9.76. The first-order chi connectivity index (χ1) is 6.62. The molecule has 0 saturated heterocycles. The van der Waals surface area contributed by atoms with Crippen molar-refractivity contribution >= 4 is 5.91 Å². The van der Waals surface area contributed by atoms with Gasteiger partial charge in [-0.3, -0.25) is 4.79 Å². The second-order valence-electron chi connectivity index (χ2n) is 3.19. The lowest BCUT2D eigenvalue weighted by Gasteiger charge is -2.21. The molecule has 0 fully saturated rings. The Balaban J connectivity index is 4.78. The molecule has 0 aliphatic carbocycles. The third kappa shape index (κ3) is 3.05. The van der Waals surface area contributed by atoms with Crippen molar-refractivity contribution in [3.63, 3.8) is 0 Å². The number of likely N-dealkylation sites (N-methyl/N-ethyl adjacent to an activating group) is 1. The minimum Gasteiger partial charge on any atom is -0.402 e. The van der Waals surface area contributed by atoms with Gasteiger partial charge in [0.1, 0.15) is 0 Å². The van der Waals surface area contributed by atoms with Gasteiger partial charge in [0.2, 0.25) is 0 Å². The van der Waals surface area contributed by atoms with Crippen LogP contribution in [0, 0.1) is 0 Å². The number of allylic oxidation sites excluding steroid dienone is 1. The Bertz CT molecular complexity index is 217. The summed E-state index contributed by atoms with van der Waals surface area (Å²) >= 11 is 0. The molecule has 3 nitrogen and oxygen atoms in total. The maximum absolute atomic E-state index is 11.9. The summed E-state index contributed by atoms with van der Waals surface area (Å²) in [6, 6.07) is 0. The highest BCUT2D eigenvalue weighted by Gasteiger charge is 2.15. The molecule has 14 heavy (non-hydrogen) atoms. The van der Waals surface area contributed by atoms with Crippen LogP contribution in [0.2, 0.25) is 0 Å². The number of nitrogens with zero attached hydrogens (tertiary/aromatic N) is 1. The molecule has 0 aliphatic rings. The van der Waals surface area contributed by atoms with Crippen molar-refractivity contribution in [2.45, 2.75) is 40.5 Å². The van der Waals surface area contributed by atoms with Crippen LogP contribution in [-0.2, 0) is 4.79 Å². The van der Waals surface area contributed by atoms with Crippen LogP contribution < -0.4 is 5.73 Å². The zero-order valence-corrected chi connectivity index (χ0v) is 9.76. The summed E-state index contributed by atoms with van der Waals surface area (Å²) in [4.78, 5) is 13.7. The molecule has 0 rings (SSSR count). The Labute approximate surface area is 87.0 Å². The Kier molecular flexibility index (Phi) is 6.00. The minimum absolute atomic E-state index is 0.0943. The van der Waals surface area contributed by atoms with E-state index in [1.54, 1.807) is 4.90 Å². The molecule has 0 heterocycles. The fourth-order valence-corrected chi connectivity index (χ4v) is 1.43. The average molecular weight is 198 g/mol. The van der Waals surface area contributed by atoms with Crippen molar-refractivity contribution in [3.05, 3.63) is 11.3 Å². The second kappa shape index (κ2) is 6.46. The van der Waals surface area contributed by atoms with Crippen molar-refractivity contribution in [2.75, 3.05) is 13.1 Å². The number of carbonyl (C=O) groups excluding carboxylic acids is 1. The van der Waals surface area contributed by atoms with Crippen LogP contribution in [0.3, 0.4) is 0 Å². The molecule has 0 aromatic rings. The second-order valence-corrected chi connectivity index (χ2v) is 3.19. The Hall–Kier alpha value is -0.990. The summed E-state index contributed by atoms with van der Waals surface area (Å²) in [6.07, 6.45) is 1.46. The monoisotopic (exact) mass is 198 g/mol. The molecule has 0 bridgehead atoms. The van der Waals surface area contributed by atoms with Crippen molar-refractivity contribution in [1.29, 1.82) is 0 Å². The summed E-state index contributed by atoms with van der Waals surface area (Å²) in [5, 5.41) is 0. The first-order valence-corrected chi connectivity index (χ1v) is 5.38. The van der Waals surface area contributed by atoms with Crippen LogP contribution in [0.4, 0.5) is 0 Å². The molecule has 0 aromatic heterocycles. The fraction of sp³-hybridized carbons (Fsp3) is 0.727. The molecule has 0 atom stereocenters. The lowest BCUT2D eigenvalue weighted by Crippen LogP contribution is -2.32. The first kappa shape index (κ1) is 13.0. The van der Waals surface area contributed by atoms with Crippen LogP contribution in [0.15, 0.2) is 11.3 Å². The van der Waals surface area contributed by atoms with Gasteiger partial charge in [-0.25, -0.2) is 0 Å². The maximum Gasteiger partial charge on any atom is 0.251 e. The Morgan fingerprint density at radius 3 is 1.86 bits per heavy atom. The number of nitrogens with two attached hydrogens (primary N) is 1. The molecule has 3 heteroatoms. The summed E-state index contributed by atoms with van der Waals surface area (Å²) in [7, 11) is 0. The van der Waals surface area contributed by atoms with Crippen LogP contribution in [0.1, 0.15) is 40.5 Å². The number of rotatable bonds is 5. The Morgan fingerprint density at radius 1 is 1.07 bits per heavy atom. The molecule has 82 valence electrons. The standard InChI is InChI=1S/C11H22N2O/c1-5-9(10(12)6-2)11(14)13(7-3)8-4/h5-8,12H2,1-4H3/b10-9-. The average Bonchev–Trinajstić information content (AvgIpc) is 2.20. The number of carbonyl (C=O) groups is 1. The van der Waals surface area contributed by atoms with Crippen molar-refractivity contribution in [2.24, 2.45) is 5.73 Å². The van der Waals surface area contributed by atoms with E-state index in [2.05, 4.69) is 0 Å². The number of amides is 1. The van der Waals surface area contributed by atoms with Crippen LogP contribution in [-0.4, -0.2) is 23.9 Å². The van der Waals surface area contributed by atoms with E-state index in [4.69, 9.17) is 5.73 Å². The van der Waals surface area contributed by atoms with Crippen molar-refractivity contribution in [1.82, 2.24) is 4.90 Å². The predicted molar refractivity (Wildman–Crippen MR) is 59.7 cm³/mol. The quantitative estimate of drug-likeness (QED) is 0.686. The summed E-state index contributed by atoms with van der Waals surface area (Å²) in [6.45, 7) is 9.40. The van der Waals surface area contributed by atoms with Gasteiger partial charge < -0.3 is 10.6 Å². The van der Waals surface area contributed by atoms with E-state index in [1.807, 2.05) is 27.7 Å². The Morgan fingerprint density at radius 2 is 1.57 bits per heavy atom. The predicted octanol–water partition coefficient (Wildman–Crippen LogP) is 1.89. The van der Waals surface area contributed by atoms with E-state index in [-0.39, 0.29) is 5.91 Å². The molecular formula is C11H22N2O. The molecule has 0 radical (unpaired) electrons. The van der Waals surface area contributed by atoms with Crippen LogP contribution >= 0.6 is 0 Å². The van der Waals surface area contributed by atoms with E-state index in [0.717, 1.165) is 37.2 Å². The van der Waals surface area contributed by atoms with Gasteiger partial charge in [0, 0.05) is 24.4 Å². The van der Waals surface area contributed by atoms with Gasteiger partial charge >= 0.3 is 0 Å². The molecule has 0 aromatic carbocycles. The summed E-state index contributed by atoms with van der Waals surface area (Å²) in [5.74, 6) is 0.0943. The topological polar surface area (TPSA) is 46.3 Å². The van der Waals surface area contributed by atoms with E-state index >= 15 is 0 Å². The fourth-order valence-electron chi connectivity index (χ4n) is 1.43. The largest absolute Gasteiger partial charge is 0.402 e. The van der Waals surface area contributed by atoms with Crippen LogP contribution in [0.25, 0.3) is 0 Å². The number of hydrogen-bond donors (Lipinski definition) is 1. The molecule has 1 amide bonds. The summed E-state index contributed by atoms with van der Waals surface area (Å²) in [5.41, 5.74) is 7.31. The summed E-state index contributed by atoms with van der Waals surface area (Å²) < 4.78 is 0. The molecule has 0 saturated carbocycles. The minimum atomic E-state index is 0.0943. The highest BCUT2D eigenvalue weighted by Crippen LogP contribution is 2.11.